The summed E-state index contributed by atoms with van der Waals surface area (Å²) < 4.78 is 0. The fourth-order valence-corrected chi connectivity index (χ4v) is 2.85. The number of hydrogen-bond donors (Lipinski definition) is 2. The third-order valence-electron chi connectivity index (χ3n) is 4.28. The summed E-state index contributed by atoms with van der Waals surface area (Å²) in [6.07, 6.45) is 8.33. The van der Waals surface area contributed by atoms with Crippen molar-refractivity contribution in [3.8, 4) is 0 Å². The molecule has 0 bridgehead atoms. The minimum Gasteiger partial charge on any atom is -0.385 e. The second kappa shape index (κ2) is 8.06. The molecule has 3 heteroatoms. The van der Waals surface area contributed by atoms with Gasteiger partial charge in [-0.2, -0.15) is 0 Å². The van der Waals surface area contributed by atoms with Gasteiger partial charge in [-0.1, -0.05) is 46.0 Å². The SMILES string of the molecule is CC(C)C(=O)Nc1ccc(NCCC2CCCCC2)cc1. The molecule has 1 aromatic carbocycles. The highest BCUT2D eigenvalue weighted by molar-refractivity contribution is 5.92. The number of nitrogens with one attached hydrogen (secondary N) is 2. The molecule has 116 valence electrons. The smallest absolute Gasteiger partial charge is 0.226 e. The molecule has 1 aromatic rings. The van der Waals surface area contributed by atoms with Crippen molar-refractivity contribution in [2.75, 3.05) is 17.2 Å². The second-order valence-electron chi connectivity index (χ2n) is 6.44. The van der Waals surface area contributed by atoms with Gasteiger partial charge in [-0.15, -0.1) is 0 Å². The van der Waals surface area contributed by atoms with Crippen LogP contribution in [0.25, 0.3) is 0 Å². The fraction of sp³-hybridized carbons (Fsp3) is 0.611. The Morgan fingerprint density at radius 2 is 1.71 bits per heavy atom. The van der Waals surface area contributed by atoms with E-state index in [1.165, 1.54) is 38.5 Å². The van der Waals surface area contributed by atoms with E-state index in [0.29, 0.717) is 0 Å². The van der Waals surface area contributed by atoms with Crippen molar-refractivity contribution in [3.05, 3.63) is 24.3 Å². The predicted octanol–water partition coefficient (Wildman–Crippen LogP) is 4.66. The zero-order valence-corrected chi connectivity index (χ0v) is 13.3. The Morgan fingerprint density at radius 3 is 2.33 bits per heavy atom. The van der Waals surface area contributed by atoms with Gasteiger partial charge in [0.25, 0.3) is 0 Å². The van der Waals surface area contributed by atoms with Crippen LogP contribution in [-0.4, -0.2) is 12.5 Å². The van der Waals surface area contributed by atoms with E-state index in [-0.39, 0.29) is 11.8 Å². The lowest BCUT2D eigenvalue weighted by Gasteiger charge is -2.21. The van der Waals surface area contributed by atoms with E-state index in [1.807, 2.05) is 38.1 Å². The van der Waals surface area contributed by atoms with Crippen molar-refractivity contribution in [1.82, 2.24) is 0 Å². The molecule has 0 unspecified atom stereocenters. The van der Waals surface area contributed by atoms with Gasteiger partial charge in [0.1, 0.15) is 0 Å². The van der Waals surface area contributed by atoms with E-state index in [0.717, 1.165) is 23.8 Å². The number of carbonyl (C=O) groups excluding carboxylic acids is 1. The lowest BCUT2D eigenvalue weighted by Crippen LogP contribution is -2.17. The Morgan fingerprint density at radius 1 is 1.10 bits per heavy atom. The van der Waals surface area contributed by atoms with E-state index in [2.05, 4.69) is 10.6 Å². The molecule has 1 amide bonds. The van der Waals surface area contributed by atoms with Crippen molar-refractivity contribution in [1.29, 1.82) is 0 Å². The zero-order valence-electron chi connectivity index (χ0n) is 13.3. The molecular formula is C18H28N2O. The lowest BCUT2D eigenvalue weighted by molar-refractivity contribution is -0.118. The van der Waals surface area contributed by atoms with Crippen LogP contribution in [0.1, 0.15) is 52.4 Å². The van der Waals surface area contributed by atoms with Gasteiger partial charge in [-0.05, 0) is 36.6 Å². The molecule has 1 aliphatic carbocycles. The fourth-order valence-electron chi connectivity index (χ4n) is 2.85. The summed E-state index contributed by atoms with van der Waals surface area (Å²) in [4.78, 5) is 11.6. The van der Waals surface area contributed by atoms with Crippen LogP contribution in [0.4, 0.5) is 11.4 Å². The molecular weight excluding hydrogens is 260 g/mol. The molecule has 2 rings (SSSR count). The van der Waals surface area contributed by atoms with Gasteiger partial charge < -0.3 is 10.6 Å². The maximum atomic E-state index is 11.6. The maximum Gasteiger partial charge on any atom is 0.226 e. The van der Waals surface area contributed by atoms with E-state index < -0.39 is 0 Å². The van der Waals surface area contributed by atoms with Crippen molar-refractivity contribution in [2.45, 2.75) is 52.4 Å². The summed E-state index contributed by atoms with van der Waals surface area (Å²) in [5, 5.41) is 6.39. The van der Waals surface area contributed by atoms with Gasteiger partial charge >= 0.3 is 0 Å². The van der Waals surface area contributed by atoms with Crippen LogP contribution in [0.3, 0.4) is 0 Å². The van der Waals surface area contributed by atoms with Gasteiger partial charge in [0.05, 0.1) is 0 Å². The molecule has 1 saturated carbocycles. The standard InChI is InChI=1S/C18H28N2O/c1-14(2)18(21)20-17-10-8-16(9-11-17)19-13-12-15-6-4-3-5-7-15/h8-11,14-15,19H,3-7,12-13H2,1-2H3,(H,20,21). The van der Waals surface area contributed by atoms with E-state index >= 15 is 0 Å². The van der Waals surface area contributed by atoms with Crippen molar-refractivity contribution >= 4 is 17.3 Å². The summed E-state index contributed by atoms with van der Waals surface area (Å²) in [7, 11) is 0. The van der Waals surface area contributed by atoms with Crippen LogP contribution in [-0.2, 0) is 4.79 Å². The lowest BCUT2D eigenvalue weighted by atomic mass is 9.87. The number of hydrogen-bond acceptors (Lipinski definition) is 2. The maximum absolute atomic E-state index is 11.6. The monoisotopic (exact) mass is 288 g/mol. The molecule has 0 saturated heterocycles. The summed E-state index contributed by atoms with van der Waals surface area (Å²) >= 11 is 0. The molecule has 0 heterocycles. The van der Waals surface area contributed by atoms with Crippen LogP contribution < -0.4 is 10.6 Å². The second-order valence-corrected chi connectivity index (χ2v) is 6.44. The first-order valence-electron chi connectivity index (χ1n) is 8.30. The minimum atomic E-state index is 0.0123. The van der Waals surface area contributed by atoms with Crippen molar-refractivity contribution in [2.24, 2.45) is 11.8 Å². The van der Waals surface area contributed by atoms with Crippen molar-refractivity contribution < 1.29 is 4.79 Å². The van der Waals surface area contributed by atoms with Gasteiger partial charge in [-0.3, -0.25) is 4.79 Å². The van der Waals surface area contributed by atoms with Gasteiger partial charge in [0.15, 0.2) is 0 Å². The molecule has 0 atom stereocenters. The summed E-state index contributed by atoms with van der Waals surface area (Å²) in [6, 6.07) is 8.00. The third-order valence-corrected chi connectivity index (χ3v) is 4.28. The van der Waals surface area contributed by atoms with Crippen LogP contribution in [0, 0.1) is 11.8 Å². The van der Waals surface area contributed by atoms with E-state index in [4.69, 9.17) is 0 Å². The Kier molecular flexibility index (Phi) is 6.09. The molecule has 1 fully saturated rings. The minimum absolute atomic E-state index is 0.0123. The Labute approximate surface area is 128 Å². The Hall–Kier alpha value is -1.51. The van der Waals surface area contributed by atoms with E-state index in [1.54, 1.807) is 0 Å². The summed E-state index contributed by atoms with van der Waals surface area (Å²) in [5.74, 6) is 0.988. The summed E-state index contributed by atoms with van der Waals surface area (Å²) in [5.41, 5.74) is 2.00. The number of rotatable bonds is 6. The average molecular weight is 288 g/mol. The number of amides is 1. The molecule has 0 aromatic heterocycles. The Balaban J connectivity index is 1.73. The third kappa shape index (κ3) is 5.41. The molecule has 0 radical (unpaired) electrons. The van der Waals surface area contributed by atoms with Crippen LogP contribution in [0.2, 0.25) is 0 Å². The zero-order chi connectivity index (χ0) is 15.1. The van der Waals surface area contributed by atoms with Gasteiger partial charge in [0.2, 0.25) is 5.91 Å². The predicted molar refractivity (Wildman–Crippen MR) is 89.6 cm³/mol. The average Bonchev–Trinajstić information content (AvgIpc) is 2.50. The largest absolute Gasteiger partial charge is 0.385 e. The van der Waals surface area contributed by atoms with Crippen molar-refractivity contribution in [3.63, 3.8) is 0 Å². The number of benzene rings is 1. The molecule has 3 nitrogen and oxygen atoms in total. The van der Waals surface area contributed by atoms with Crippen LogP contribution in [0.5, 0.6) is 0 Å². The topological polar surface area (TPSA) is 41.1 Å². The highest BCUT2D eigenvalue weighted by Gasteiger charge is 2.12. The van der Waals surface area contributed by atoms with Gasteiger partial charge in [-0.25, -0.2) is 0 Å². The normalized spacial score (nSPS) is 16.0. The molecule has 0 aliphatic heterocycles. The quantitative estimate of drug-likeness (QED) is 0.799. The first kappa shape index (κ1) is 15.9. The van der Waals surface area contributed by atoms with E-state index in [9.17, 15) is 4.79 Å². The molecule has 0 spiro atoms. The van der Waals surface area contributed by atoms with Crippen LogP contribution in [0.15, 0.2) is 24.3 Å². The number of carbonyl (C=O) groups is 1. The molecule has 1 aliphatic rings. The van der Waals surface area contributed by atoms with Crippen LogP contribution >= 0.6 is 0 Å². The van der Waals surface area contributed by atoms with Gasteiger partial charge in [0, 0.05) is 23.8 Å². The first-order chi connectivity index (χ1) is 10.1. The Bertz CT molecular complexity index is 433. The summed E-state index contributed by atoms with van der Waals surface area (Å²) in [6.45, 7) is 4.84. The molecule has 21 heavy (non-hydrogen) atoms. The number of anilines is 2. The first-order valence-corrected chi connectivity index (χ1v) is 8.30. The highest BCUT2D eigenvalue weighted by Crippen LogP contribution is 2.26. The molecule has 2 N–H and O–H groups in total. The highest BCUT2D eigenvalue weighted by atomic mass is 16.1.